The van der Waals surface area contributed by atoms with Crippen molar-refractivity contribution in [3.05, 3.63) is 40.1 Å². The highest BCUT2D eigenvalue weighted by Gasteiger charge is 2.21. The molecule has 120 valence electrons. The smallest absolute Gasteiger partial charge is 0.255 e. The number of carbonyl (C=O) groups is 1. The monoisotopic (exact) mass is 333 g/mol. The molecule has 2 aromatic rings. The number of fused-ring (bicyclic) bond motifs is 1. The van der Waals surface area contributed by atoms with Gasteiger partial charge in [0, 0.05) is 17.6 Å². The van der Waals surface area contributed by atoms with Gasteiger partial charge in [-0.15, -0.1) is 0 Å². The minimum absolute atomic E-state index is 0.197. The number of hydrogen-bond donors (Lipinski definition) is 1. The van der Waals surface area contributed by atoms with E-state index in [9.17, 15) is 4.79 Å². The molecule has 7 heteroatoms. The van der Waals surface area contributed by atoms with Crippen LogP contribution in [0.5, 0.6) is 11.6 Å². The molecule has 1 aromatic carbocycles. The summed E-state index contributed by atoms with van der Waals surface area (Å²) in [4.78, 5) is 12.5. The maximum atomic E-state index is 12.5. The third-order valence-electron chi connectivity index (χ3n) is 3.58. The first kappa shape index (κ1) is 15.4. The van der Waals surface area contributed by atoms with Gasteiger partial charge in [0.05, 0.1) is 18.4 Å². The number of amides is 1. The van der Waals surface area contributed by atoms with Crippen LogP contribution in [0.2, 0.25) is 5.02 Å². The predicted octanol–water partition coefficient (Wildman–Crippen LogP) is 2.81. The van der Waals surface area contributed by atoms with Gasteiger partial charge in [0.15, 0.2) is 0 Å². The molecule has 0 saturated heterocycles. The Kier molecular flexibility index (Phi) is 4.00. The highest BCUT2D eigenvalue weighted by Crippen LogP contribution is 2.31. The number of ether oxygens (including phenoxy) is 2. The summed E-state index contributed by atoms with van der Waals surface area (Å²) in [6.45, 7) is 2.00. The second-order valence-electron chi connectivity index (χ2n) is 5.19. The second kappa shape index (κ2) is 5.96. The number of hydrogen-bond acceptors (Lipinski definition) is 4. The number of aryl methyl sites for hydroxylation is 2. The van der Waals surface area contributed by atoms with Crippen molar-refractivity contribution in [3.8, 4) is 11.6 Å². The first-order chi connectivity index (χ1) is 11.0. The Morgan fingerprint density at radius 2 is 2.26 bits per heavy atom. The fourth-order valence-corrected chi connectivity index (χ4v) is 2.67. The zero-order valence-corrected chi connectivity index (χ0v) is 13.8. The third-order valence-corrected chi connectivity index (χ3v) is 3.81. The molecule has 1 amide bonds. The first-order valence-electron chi connectivity index (χ1n) is 7.01. The van der Waals surface area contributed by atoms with E-state index in [4.69, 9.17) is 21.1 Å². The van der Waals surface area contributed by atoms with Gasteiger partial charge in [-0.25, -0.2) is 4.68 Å². The summed E-state index contributed by atoms with van der Waals surface area (Å²) in [5.41, 5.74) is 2.52. The van der Waals surface area contributed by atoms with Crippen LogP contribution in [0.1, 0.15) is 11.3 Å². The Labute approximate surface area is 138 Å². The number of benzene rings is 1. The van der Waals surface area contributed by atoms with Crippen molar-refractivity contribution in [2.24, 2.45) is 7.05 Å². The zero-order valence-electron chi connectivity index (χ0n) is 13.0. The van der Waals surface area contributed by atoms with Gasteiger partial charge in [0.1, 0.15) is 18.0 Å². The Morgan fingerprint density at radius 1 is 1.48 bits per heavy atom. The quantitative estimate of drug-likeness (QED) is 0.938. The minimum Gasteiger partial charge on any atom is -0.488 e. The van der Waals surface area contributed by atoms with Gasteiger partial charge < -0.3 is 14.8 Å². The molecule has 1 N–H and O–H groups in total. The Bertz CT molecular complexity index is 811. The Morgan fingerprint density at radius 3 is 3.00 bits per heavy atom. The van der Waals surface area contributed by atoms with E-state index >= 15 is 0 Å². The van der Waals surface area contributed by atoms with Crippen molar-refractivity contribution in [1.82, 2.24) is 9.78 Å². The number of halogens is 1. The van der Waals surface area contributed by atoms with Gasteiger partial charge in [-0.3, -0.25) is 4.79 Å². The molecule has 3 rings (SSSR count). The maximum Gasteiger partial charge on any atom is 0.255 e. The molecule has 0 unspecified atom stereocenters. The van der Waals surface area contributed by atoms with Gasteiger partial charge >= 0.3 is 0 Å². The standard InChI is InChI=1S/C16H16ClN3O3/c1-9-14(16(22-3)20(2)19-9)18-15(21)11-6-10-7-12(17)4-5-13(10)23-8-11/h4-7H,8H2,1-3H3,(H,18,21). The fourth-order valence-electron chi connectivity index (χ4n) is 2.49. The van der Waals surface area contributed by atoms with Gasteiger partial charge in [-0.2, -0.15) is 5.10 Å². The summed E-state index contributed by atoms with van der Waals surface area (Å²) in [5, 5.41) is 7.67. The molecule has 1 aromatic heterocycles. The number of nitrogens with one attached hydrogen (secondary N) is 1. The van der Waals surface area contributed by atoms with E-state index in [-0.39, 0.29) is 12.5 Å². The van der Waals surface area contributed by atoms with E-state index in [2.05, 4.69) is 10.4 Å². The number of anilines is 1. The van der Waals surface area contributed by atoms with Crippen LogP contribution in [0.4, 0.5) is 5.69 Å². The van der Waals surface area contributed by atoms with E-state index in [1.165, 1.54) is 7.11 Å². The molecule has 0 radical (unpaired) electrons. The minimum atomic E-state index is -0.259. The number of carbonyl (C=O) groups excluding carboxylic acids is 1. The van der Waals surface area contributed by atoms with Crippen molar-refractivity contribution < 1.29 is 14.3 Å². The van der Waals surface area contributed by atoms with Gasteiger partial charge in [0.2, 0.25) is 5.88 Å². The molecule has 23 heavy (non-hydrogen) atoms. The van der Waals surface area contributed by atoms with E-state index < -0.39 is 0 Å². The van der Waals surface area contributed by atoms with Crippen LogP contribution in [0.15, 0.2) is 23.8 Å². The number of aromatic nitrogens is 2. The van der Waals surface area contributed by atoms with Crippen LogP contribution < -0.4 is 14.8 Å². The lowest BCUT2D eigenvalue weighted by molar-refractivity contribution is -0.113. The summed E-state index contributed by atoms with van der Waals surface area (Å²) in [6.07, 6.45) is 1.78. The second-order valence-corrected chi connectivity index (χ2v) is 5.62. The molecule has 1 aliphatic rings. The molecular formula is C16H16ClN3O3. The van der Waals surface area contributed by atoms with E-state index in [1.807, 2.05) is 0 Å². The summed E-state index contributed by atoms with van der Waals surface area (Å²) in [5.74, 6) is 0.947. The van der Waals surface area contributed by atoms with Crippen LogP contribution in [0.25, 0.3) is 6.08 Å². The lowest BCUT2D eigenvalue weighted by Gasteiger charge is -2.18. The highest BCUT2D eigenvalue weighted by molar-refractivity contribution is 6.30. The highest BCUT2D eigenvalue weighted by atomic mass is 35.5. The molecule has 2 heterocycles. The van der Waals surface area contributed by atoms with Crippen LogP contribution in [-0.4, -0.2) is 29.4 Å². The molecule has 0 fully saturated rings. The van der Waals surface area contributed by atoms with Crippen LogP contribution >= 0.6 is 11.6 Å². The molecule has 0 atom stereocenters. The predicted molar refractivity (Wildman–Crippen MR) is 88.1 cm³/mol. The topological polar surface area (TPSA) is 65.4 Å². The molecular weight excluding hydrogens is 318 g/mol. The van der Waals surface area contributed by atoms with E-state index in [0.29, 0.717) is 33.6 Å². The van der Waals surface area contributed by atoms with Crippen molar-refractivity contribution in [1.29, 1.82) is 0 Å². The molecule has 0 aliphatic carbocycles. The first-order valence-corrected chi connectivity index (χ1v) is 7.39. The fraction of sp³-hybridized carbons (Fsp3) is 0.250. The molecule has 0 spiro atoms. The molecule has 1 aliphatic heterocycles. The summed E-state index contributed by atoms with van der Waals surface area (Å²) in [6, 6.07) is 5.31. The van der Waals surface area contributed by atoms with Crippen molar-refractivity contribution in [2.75, 3.05) is 19.0 Å². The van der Waals surface area contributed by atoms with Crippen molar-refractivity contribution in [2.45, 2.75) is 6.92 Å². The van der Waals surface area contributed by atoms with Crippen LogP contribution in [0, 0.1) is 6.92 Å². The van der Waals surface area contributed by atoms with Crippen LogP contribution in [0.3, 0.4) is 0 Å². The molecule has 6 nitrogen and oxygen atoms in total. The SMILES string of the molecule is COc1c(NC(=O)C2=Cc3cc(Cl)ccc3OC2)c(C)nn1C. The number of methoxy groups -OCH3 is 1. The third kappa shape index (κ3) is 2.90. The van der Waals surface area contributed by atoms with Gasteiger partial charge in [0.25, 0.3) is 5.91 Å². The van der Waals surface area contributed by atoms with Crippen molar-refractivity contribution >= 4 is 29.3 Å². The lowest BCUT2D eigenvalue weighted by atomic mass is 10.1. The summed E-state index contributed by atoms with van der Waals surface area (Å²) in [7, 11) is 3.29. The average molecular weight is 334 g/mol. The van der Waals surface area contributed by atoms with E-state index in [0.717, 1.165) is 5.56 Å². The van der Waals surface area contributed by atoms with Crippen LogP contribution in [-0.2, 0) is 11.8 Å². The zero-order chi connectivity index (χ0) is 16.6. The van der Waals surface area contributed by atoms with Crippen molar-refractivity contribution in [3.63, 3.8) is 0 Å². The maximum absolute atomic E-state index is 12.5. The molecule has 0 bridgehead atoms. The van der Waals surface area contributed by atoms with Gasteiger partial charge in [-0.05, 0) is 31.2 Å². The average Bonchev–Trinajstić information content (AvgIpc) is 2.79. The van der Waals surface area contributed by atoms with Gasteiger partial charge in [-0.1, -0.05) is 11.6 Å². The number of nitrogens with zero attached hydrogens (tertiary/aromatic N) is 2. The largest absolute Gasteiger partial charge is 0.488 e. The summed E-state index contributed by atoms with van der Waals surface area (Å²) >= 11 is 5.98. The summed E-state index contributed by atoms with van der Waals surface area (Å²) < 4.78 is 12.5. The normalized spacial score (nSPS) is 13.0. The number of rotatable bonds is 3. The van der Waals surface area contributed by atoms with E-state index in [1.54, 1.807) is 42.9 Å². The molecule has 0 saturated carbocycles. The Balaban J connectivity index is 1.87. The lowest BCUT2D eigenvalue weighted by Crippen LogP contribution is -2.21. The Hall–Kier alpha value is -2.47.